The van der Waals surface area contributed by atoms with E-state index in [9.17, 15) is 8.42 Å². The third-order valence-electron chi connectivity index (χ3n) is 4.91. The van der Waals surface area contributed by atoms with Crippen molar-refractivity contribution in [3.63, 3.8) is 0 Å². The van der Waals surface area contributed by atoms with Crippen LogP contribution < -0.4 is 5.32 Å². The zero-order valence-corrected chi connectivity index (χ0v) is 16.5. The summed E-state index contributed by atoms with van der Waals surface area (Å²) in [5.74, 6) is 0.870. The predicted octanol–water partition coefficient (Wildman–Crippen LogP) is 4.15. The first-order valence-electron chi connectivity index (χ1n) is 8.75. The predicted molar refractivity (Wildman–Crippen MR) is 106 cm³/mol. The van der Waals surface area contributed by atoms with E-state index in [0.29, 0.717) is 4.90 Å². The highest BCUT2D eigenvalue weighted by Crippen LogP contribution is 2.38. The molecule has 1 unspecified atom stereocenters. The Bertz CT molecular complexity index is 1060. The maximum atomic E-state index is 11.6. The van der Waals surface area contributed by atoms with Crippen LogP contribution in [0.25, 0.3) is 10.2 Å². The molecule has 0 amide bonds. The van der Waals surface area contributed by atoms with E-state index in [1.807, 2.05) is 12.1 Å². The number of fused-ring (bicyclic) bond motifs is 3. The molecule has 0 fully saturated rings. The Balaban J connectivity index is 1.66. The molecule has 1 N–H and O–H groups in total. The van der Waals surface area contributed by atoms with Crippen LogP contribution in [0.15, 0.2) is 35.5 Å². The Morgan fingerprint density at radius 2 is 1.85 bits per heavy atom. The molecule has 0 saturated heterocycles. The fourth-order valence-electron chi connectivity index (χ4n) is 3.49. The molecule has 0 radical (unpaired) electrons. The maximum absolute atomic E-state index is 11.6. The van der Waals surface area contributed by atoms with Crippen molar-refractivity contribution < 1.29 is 8.42 Å². The van der Waals surface area contributed by atoms with Crippen LogP contribution in [-0.4, -0.2) is 24.6 Å². The van der Waals surface area contributed by atoms with Crippen LogP contribution in [0.1, 0.15) is 41.8 Å². The number of thiophene rings is 1. The lowest BCUT2D eigenvalue weighted by Crippen LogP contribution is -2.09. The molecule has 3 aromatic rings. The van der Waals surface area contributed by atoms with Gasteiger partial charge in [-0.25, -0.2) is 18.4 Å². The molecule has 4 rings (SSSR count). The van der Waals surface area contributed by atoms with Crippen LogP contribution in [0.3, 0.4) is 0 Å². The molecule has 1 aliphatic rings. The van der Waals surface area contributed by atoms with E-state index in [1.54, 1.807) is 29.8 Å². The van der Waals surface area contributed by atoms with E-state index >= 15 is 0 Å². The van der Waals surface area contributed by atoms with Crippen molar-refractivity contribution in [2.24, 2.45) is 0 Å². The van der Waals surface area contributed by atoms with Gasteiger partial charge in [0, 0.05) is 17.2 Å². The van der Waals surface area contributed by atoms with Crippen LogP contribution in [-0.2, 0) is 22.7 Å². The first-order chi connectivity index (χ1) is 12.4. The minimum Gasteiger partial charge on any atom is -0.363 e. The highest BCUT2D eigenvalue weighted by atomic mass is 32.2. The van der Waals surface area contributed by atoms with E-state index in [4.69, 9.17) is 0 Å². The number of nitrogens with zero attached hydrogens (tertiary/aromatic N) is 2. The van der Waals surface area contributed by atoms with Crippen molar-refractivity contribution in [1.29, 1.82) is 0 Å². The summed E-state index contributed by atoms with van der Waals surface area (Å²) in [6.07, 6.45) is 7.54. The largest absolute Gasteiger partial charge is 0.363 e. The number of anilines is 1. The Kier molecular flexibility index (Phi) is 4.44. The van der Waals surface area contributed by atoms with Gasteiger partial charge in [-0.2, -0.15) is 0 Å². The lowest BCUT2D eigenvalue weighted by atomic mass is 9.97. The van der Waals surface area contributed by atoms with E-state index in [0.717, 1.165) is 34.4 Å². The molecule has 0 saturated carbocycles. The van der Waals surface area contributed by atoms with Crippen molar-refractivity contribution in [3.8, 4) is 0 Å². The van der Waals surface area contributed by atoms with Gasteiger partial charge in [0.1, 0.15) is 17.0 Å². The molecule has 136 valence electrons. The fraction of sp³-hybridized carbons (Fsp3) is 0.368. The van der Waals surface area contributed by atoms with E-state index in [-0.39, 0.29) is 6.04 Å². The lowest BCUT2D eigenvalue weighted by molar-refractivity contribution is 0.602. The van der Waals surface area contributed by atoms with Gasteiger partial charge in [-0.05, 0) is 55.9 Å². The number of benzene rings is 1. The molecular formula is C19H21N3O2S2. The van der Waals surface area contributed by atoms with Crippen molar-refractivity contribution in [3.05, 3.63) is 46.6 Å². The summed E-state index contributed by atoms with van der Waals surface area (Å²) in [6.45, 7) is 2.06. The van der Waals surface area contributed by atoms with E-state index in [1.165, 1.54) is 29.5 Å². The number of aryl methyl sites for hydroxylation is 2. The van der Waals surface area contributed by atoms with Gasteiger partial charge in [0.05, 0.1) is 10.3 Å². The van der Waals surface area contributed by atoms with Crippen LogP contribution in [0, 0.1) is 0 Å². The monoisotopic (exact) mass is 387 g/mol. The number of hydrogen-bond donors (Lipinski definition) is 1. The van der Waals surface area contributed by atoms with Crippen LogP contribution in [0.4, 0.5) is 5.82 Å². The smallest absolute Gasteiger partial charge is 0.175 e. The number of rotatable bonds is 4. The summed E-state index contributed by atoms with van der Waals surface area (Å²) in [5.41, 5.74) is 2.42. The lowest BCUT2D eigenvalue weighted by Gasteiger charge is -2.17. The molecule has 5 nitrogen and oxygen atoms in total. The van der Waals surface area contributed by atoms with Gasteiger partial charge in [-0.3, -0.25) is 0 Å². The third kappa shape index (κ3) is 3.21. The number of sulfone groups is 1. The number of aromatic nitrogens is 2. The van der Waals surface area contributed by atoms with Gasteiger partial charge in [0.25, 0.3) is 0 Å². The standard InChI is InChI=1S/C19H21N3O2S2/c1-12(13-7-9-14(10-8-13)26(2,23)24)22-18-17-15-5-3-4-6-16(15)25-19(17)21-11-20-18/h7-12H,3-6H2,1-2H3,(H,20,21,22). The van der Waals surface area contributed by atoms with Gasteiger partial charge >= 0.3 is 0 Å². The number of nitrogens with one attached hydrogen (secondary N) is 1. The minimum absolute atomic E-state index is 0.0147. The Morgan fingerprint density at radius 3 is 2.58 bits per heavy atom. The van der Waals surface area contributed by atoms with Crippen molar-refractivity contribution in [1.82, 2.24) is 9.97 Å². The van der Waals surface area contributed by atoms with Gasteiger partial charge in [0.2, 0.25) is 0 Å². The first kappa shape index (κ1) is 17.4. The molecule has 0 bridgehead atoms. The second-order valence-corrected chi connectivity index (χ2v) is 9.92. The van der Waals surface area contributed by atoms with Crippen molar-refractivity contribution >= 4 is 37.2 Å². The minimum atomic E-state index is -3.18. The second kappa shape index (κ2) is 6.63. The van der Waals surface area contributed by atoms with Gasteiger partial charge in [-0.15, -0.1) is 11.3 Å². The fourth-order valence-corrected chi connectivity index (χ4v) is 5.35. The summed E-state index contributed by atoms with van der Waals surface area (Å²) in [4.78, 5) is 11.8. The molecule has 1 aliphatic carbocycles. The summed E-state index contributed by atoms with van der Waals surface area (Å²) < 4.78 is 23.3. The number of hydrogen-bond acceptors (Lipinski definition) is 6. The van der Waals surface area contributed by atoms with Crippen molar-refractivity contribution in [2.75, 3.05) is 11.6 Å². The summed E-state index contributed by atoms with van der Waals surface area (Å²) >= 11 is 1.78. The molecule has 1 aromatic carbocycles. The summed E-state index contributed by atoms with van der Waals surface area (Å²) in [7, 11) is -3.18. The molecule has 2 heterocycles. The highest BCUT2D eigenvalue weighted by molar-refractivity contribution is 7.90. The maximum Gasteiger partial charge on any atom is 0.175 e. The molecular weight excluding hydrogens is 366 g/mol. The molecule has 1 atom stereocenters. The third-order valence-corrected chi connectivity index (χ3v) is 7.24. The summed E-state index contributed by atoms with van der Waals surface area (Å²) in [5, 5.41) is 4.66. The zero-order valence-electron chi connectivity index (χ0n) is 14.8. The van der Waals surface area contributed by atoms with Gasteiger partial charge in [-0.1, -0.05) is 12.1 Å². The Labute approximate surface area is 157 Å². The van der Waals surface area contributed by atoms with Gasteiger partial charge in [0.15, 0.2) is 9.84 Å². The highest BCUT2D eigenvalue weighted by Gasteiger charge is 2.20. The van der Waals surface area contributed by atoms with Crippen molar-refractivity contribution in [2.45, 2.75) is 43.5 Å². The molecule has 2 aromatic heterocycles. The normalized spacial score (nSPS) is 15.6. The SMILES string of the molecule is CC(Nc1ncnc2sc3c(c12)CCCC3)c1ccc(S(C)(=O)=O)cc1. The van der Waals surface area contributed by atoms with E-state index < -0.39 is 9.84 Å². The van der Waals surface area contributed by atoms with Crippen LogP contribution in [0.2, 0.25) is 0 Å². The summed E-state index contributed by atoms with van der Waals surface area (Å²) in [6, 6.07) is 7.04. The Morgan fingerprint density at radius 1 is 1.12 bits per heavy atom. The average Bonchev–Trinajstić information content (AvgIpc) is 3.00. The van der Waals surface area contributed by atoms with Gasteiger partial charge < -0.3 is 5.32 Å². The Hall–Kier alpha value is -1.99. The quantitative estimate of drug-likeness (QED) is 0.728. The average molecular weight is 388 g/mol. The molecule has 0 aliphatic heterocycles. The second-order valence-electron chi connectivity index (χ2n) is 6.82. The zero-order chi connectivity index (χ0) is 18.3. The van der Waals surface area contributed by atoms with Crippen LogP contribution in [0.5, 0.6) is 0 Å². The molecule has 0 spiro atoms. The molecule has 7 heteroatoms. The molecule has 26 heavy (non-hydrogen) atoms. The van der Waals surface area contributed by atoms with E-state index in [2.05, 4.69) is 22.2 Å². The topological polar surface area (TPSA) is 72.0 Å². The van der Waals surface area contributed by atoms with Crippen LogP contribution >= 0.6 is 11.3 Å². The first-order valence-corrected chi connectivity index (χ1v) is 11.5.